The lowest BCUT2D eigenvalue weighted by Gasteiger charge is -2.03. The highest BCUT2D eigenvalue weighted by molar-refractivity contribution is 5.21. The zero-order valence-electron chi connectivity index (χ0n) is 9.36. The van der Waals surface area contributed by atoms with Gasteiger partial charge >= 0.3 is 18.0 Å². The van der Waals surface area contributed by atoms with Gasteiger partial charge in [-0.3, -0.25) is 4.68 Å². The molecule has 17 heavy (non-hydrogen) atoms. The van der Waals surface area contributed by atoms with Gasteiger partial charge in [0.05, 0.1) is 6.61 Å². The molecule has 2 rings (SSSR count). The Morgan fingerprint density at radius 1 is 1.24 bits per heavy atom. The summed E-state index contributed by atoms with van der Waals surface area (Å²) in [4.78, 5) is 15.3. The number of nitrogen functional groups attached to an aromatic ring is 1. The Morgan fingerprint density at radius 2 is 2.00 bits per heavy atom. The van der Waals surface area contributed by atoms with Gasteiger partial charge in [-0.1, -0.05) is 0 Å². The van der Waals surface area contributed by atoms with Crippen LogP contribution in [0.2, 0.25) is 0 Å². The second-order valence-electron chi connectivity index (χ2n) is 2.99. The normalized spacial score (nSPS) is 10.2. The first-order valence-corrected chi connectivity index (χ1v) is 4.85. The first-order chi connectivity index (χ1) is 8.17. The van der Waals surface area contributed by atoms with Crippen molar-refractivity contribution in [1.29, 1.82) is 0 Å². The molecule has 0 aromatic carbocycles. The van der Waals surface area contributed by atoms with Crippen molar-refractivity contribution in [2.75, 3.05) is 12.3 Å². The Bertz CT molecular complexity index is 512. The largest absolute Gasteiger partial charge is 0.464 e. The van der Waals surface area contributed by atoms with Crippen molar-refractivity contribution in [3.8, 4) is 18.0 Å². The molecule has 9 nitrogen and oxygen atoms in total. The molecule has 0 spiro atoms. The van der Waals surface area contributed by atoms with Gasteiger partial charge in [0.2, 0.25) is 5.95 Å². The maximum absolute atomic E-state index is 5.48. The van der Waals surface area contributed by atoms with Gasteiger partial charge in [-0.2, -0.15) is 15.0 Å². The molecule has 2 heterocycles. The van der Waals surface area contributed by atoms with E-state index in [1.165, 1.54) is 11.0 Å². The molecular formula is C8H11N7O2. The molecule has 0 radical (unpaired) electrons. The van der Waals surface area contributed by atoms with Gasteiger partial charge in [0, 0.05) is 7.05 Å². The number of anilines is 1. The predicted octanol–water partition coefficient (Wildman–Crippen LogP) is -0.227. The number of hydrogen-bond acceptors (Lipinski definition) is 8. The molecule has 0 saturated carbocycles. The second kappa shape index (κ2) is 4.60. The summed E-state index contributed by atoms with van der Waals surface area (Å²) in [6.45, 7) is 2.23. The molecule has 90 valence electrons. The summed E-state index contributed by atoms with van der Waals surface area (Å²) >= 11 is 0. The van der Waals surface area contributed by atoms with Crippen LogP contribution in [-0.2, 0) is 7.05 Å². The van der Waals surface area contributed by atoms with Crippen LogP contribution in [0.5, 0.6) is 18.0 Å². The van der Waals surface area contributed by atoms with Gasteiger partial charge in [-0.15, -0.1) is 10.1 Å². The Labute approximate surface area is 96.6 Å². The van der Waals surface area contributed by atoms with E-state index in [-0.39, 0.29) is 24.0 Å². The van der Waals surface area contributed by atoms with Crippen molar-refractivity contribution >= 4 is 5.95 Å². The number of aryl methyl sites for hydroxylation is 1. The van der Waals surface area contributed by atoms with Crippen LogP contribution in [0.1, 0.15) is 6.92 Å². The Morgan fingerprint density at radius 3 is 2.65 bits per heavy atom. The van der Waals surface area contributed by atoms with Crippen molar-refractivity contribution in [1.82, 2.24) is 29.7 Å². The van der Waals surface area contributed by atoms with Crippen LogP contribution in [0.3, 0.4) is 0 Å². The summed E-state index contributed by atoms with van der Waals surface area (Å²) < 4.78 is 11.8. The van der Waals surface area contributed by atoms with Gasteiger partial charge in [-0.25, -0.2) is 0 Å². The summed E-state index contributed by atoms with van der Waals surface area (Å²) in [5.74, 6) is 0.00869. The van der Waals surface area contributed by atoms with Crippen LogP contribution in [0.15, 0.2) is 6.33 Å². The summed E-state index contributed by atoms with van der Waals surface area (Å²) in [6.07, 6.45) is 1.49. The zero-order chi connectivity index (χ0) is 12.3. The van der Waals surface area contributed by atoms with Crippen LogP contribution in [0.4, 0.5) is 5.95 Å². The molecule has 0 aliphatic rings. The molecule has 2 aromatic heterocycles. The van der Waals surface area contributed by atoms with Crippen LogP contribution < -0.4 is 15.2 Å². The molecular weight excluding hydrogens is 226 g/mol. The third-order valence-corrected chi connectivity index (χ3v) is 1.65. The van der Waals surface area contributed by atoms with E-state index in [4.69, 9.17) is 15.2 Å². The number of ether oxygens (including phenoxy) is 2. The maximum Gasteiger partial charge on any atom is 0.343 e. The molecule has 2 N–H and O–H groups in total. The number of nitrogens with two attached hydrogens (primary N) is 1. The predicted molar refractivity (Wildman–Crippen MR) is 56.5 cm³/mol. The minimum Gasteiger partial charge on any atom is -0.464 e. The highest BCUT2D eigenvalue weighted by Gasteiger charge is 2.09. The third-order valence-electron chi connectivity index (χ3n) is 1.65. The van der Waals surface area contributed by atoms with Crippen molar-refractivity contribution in [3.05, 3.63) is 6.33 Å². The lowest BCUT2D eigenvalue weighted by Crippen LogP contribution is -2.05. The van der Waals surface area contributed by atoms with Crippen LogP contribution in [0, 0.1) is 0 Å². The van der Waals surface area contributed by atoms with Crippen LogP contribution in [0.25, 0.3) is 0 Å². The fourth-order valence-electron chi connectivity index (χ4n) is 1.04. The molecule has 0 amide bonds. The second-order valence-corrected chi connectivity index (χ2v) is 2.99. The third kappa shape index (κ3) is 2.77. The summed E-state index contributed by atoms with van der Waals surface area (Å²) in [5.41, 5.74) is 5.48. The van der Waals surface area contributed by atoms with E-state index in [0.29, 0.717) is 6.61 Å². The molecule has 0 aliphatic heterocycles. The van der Waals surface area contributed by atoms with Gasteiger partial charge < -0.3 is 15.2 Å². The SMILES string of the molecule is CCOc1nc(N)nc(Oc2ncn(C)n2)n1. The minimum absolute atomic E-state index is 0.00727. The summed E-state index contributed by atoms with van der Waals surface area (Å²) in [7, 11) is 1.72. The average Bonchev–Trinajstić information content (AvgIpc) is 2.63. The summed E-state index contributed by atoms with van der Waals surface area (Å²) in [6, 6.07) is 0.221. The first kappa shape index (κ1) is 11.0. The number of aromatic nitrogens is 6. The monoisotopic (exact) mass is 237 g/mol. The average molecular weight is 237 g/mol. The molecule has 0 saturated heterocycles. The number of nitrogens with zero attached hydrogens (tertiary/aromatic N) is 6. The fraction of sp³-hybridized carbons (Fsp3) is 0.375. The van der Waals surface area contributed by atoms with E-state index in [0.717, 1.165) is 0 Å². The van der Waals surface area contributed by atoms with E-state index >= 15 is 0 Å². The lowest BCUT2D eigenvalue weighted by atomic mass is 10.8. The maximum atomic E-state index is 5.48. The smallest absolute Gasteiger partial charge is 0.343 e. The van der Waals surface area contributed by atoms with Gasteiger partial charge in [-0.05, 0) is 6.92 Å². The Kier molecular flexibility index (Phi) is 2.99. The van der Waals surface area contributed by atoms with Crippen molar-refractivity contribution in [2.45, 2.75) is 6.92 Å². The van der Waals surface area contributed by atoms with Gasteiger partial charge in [0.25, 0.3) is 0 Å². The molecule has 0 bridgehead atoms. The molecule has 0 atom stereocenters. The summed E-state index contributed by atoms with van der Waals surface area (Å²) in [5, 5.41) is 3.91. The Balaban J connectivity index is 2.20. The molecule has 2 aromatic rings. The Hall–Kier alpha value is -2.45. The quantitative estimate of drug-likeness (QED) is 0.775. The highest BCUT2D eigenvalue weighted by atomic mass is 16.5. The first-order valence-electron chi connectivity index (χ1n) is 4.85. The van der Waals surface area contributed by atoms with Crippen LogP contribution in [-0.4, -0.2) is 36.3 Å². The van der Waals surface area contributed by atoms with E-state index in [2.05, 4.69) is 25.0 Å². The van der Waals surface area contributed by atoms with E-state index in [9.17, 15) is 0 Å². The number of hydrogen-bond donors (Lipinski definition) is 1. The van der Waals surface area contributed by atoms with E-state index < -0.39 is 0 Å². The van der Waals surface area contributed by atoms with Crippen molar-refractivity contribution in [2.24, 2.45) is 7.05 Å². The fourth-order valence-corrected chi connectivity index (χ4v) is 1.04. The van der Waals surface area contributed by atoms with Gasteiger partial charge in [0.1, 0.15) is 6.33 Å². The molecule has 9 heteroatoms. The zero-order valence-corrected chi connectivity index (χ0v) is 9.36. The molecule has 0 fully saturated rings. The van der Waals surface area contributed by atoms with Crippen molar-refractivity contribution < 1.29 is 9.47 Å². The van der Waals surface area contributed by atoms with Crippen LogP contribution >= 0.6 is 0 Å². The minimum atomic E-state index is -0.00727. The number of rotatable bonds is 4. The highest BCUT2D eigenvalue weighted by Crippen LogP contribution is 2.15. The topological polar surface area (TPSA) is 114 Å². The molecule has 0 aliphatic carbocycles. The van der Waals surface area contributed by atoms with E-state index in [1.807, 2.05) is 0 Å². The lowest BCUT2D eigenvalue weighted by molar-refractivity contribution is 0.302. The van der Waals surface area contributed by atoms with Crippen molar-refractivity contribution in [3.63, 3.8) is 0 Å². The van der Waals surface area contributed by atoms with E-state index in [1.54, 1.807) is 14.0 Å². The standard InChI is InChI=1S/C8H11N7O2/c1-3-16-7-11-5(9)12-8(13-7)17-6-10-4-15(2)14-6/h4H,3H2,1-2H3,(H2,9,11,12,13). The molecule has 0 unspecified atom stereocenters. The van der Waals surface area contributed by atoms with Gasteiger partial charge in [0.15, 0.2) is 0 Å².